The van der Waals surface area contributed by atoms with Crippen LogP contribution in [0.5, 0.6) is 0 Å². The van der Waals surface area contributed by atoms with Gasteiger partial charge in [-0.3, -0.25) is 4.79 Å². The van der Waals surface area contributed by atoms with E-state index in [1.54, 1.807) is 19.1 Å². The average molecular weight is 214 g/mol. The van der Waals surface area contributed by atoms with Crippen LogP contribution < -0.4 is 5.73 Å². The molecule has 1 aromatic carbocycles. The fraction of sp³-hybridized carbons (Fsp3) is 0.300. The molecule has 76 valence electrons. The quantitative estimate of drug-likeness (QED) is 0.790. The fourth-order valence-corrected chi connectivity index (χ4v) is 1.48. The van der Waals surface area contributed by atoms with E-state index >= 15 is 0 Å². The molecule has 0 aliphatic carbocycles. The van der Waals surface area contributed by atoms with E-state index in [1.807, 2.05) is 6.92 Å². The van der Waals surface area contributed by atoms with Crippen LogP contribution in [0.15, 0.2) is 12.1 Å². The highest BCUT2D eigenvalue weighted by Crippen LogP contribution is 2.26. The molecule has 0 bridgehead atoms. The molecule has 0 aromatic heterocycles. The van der Waals surface area contributed by atoms with Crippen molar-refractivity contribution in [1.29, 1.82) is 0 Å². The summed E-state index contributed by atoms with van der Waals surface area (Å²) >= 11 is 5.98. The highest BCUT2D eigenvalue weighted by Gasteiger charge is 2.18. The first kappa shape index (κ1) is 11.0. The third-order valence-corrected chi connectivity index (χ3v) is 2.80. The zero-order valence-electron chi connectivity index (χ0n) is 8.04. The summed E-state index contributed by atoms with van der Waals surface area (Å²) in [6, 6.07) is 2.47. The Morgan fingerprint density at radius 2 is 2.07 bits per heavy atom. The Morgan fingerprint density at radius 1 is 1.50 bits per heavy atom. The molecule has 3 N–H and O–H groups in total. The molecular weight excluding hydrogens is 202 g/mol. The van der Waals surface area contributed by atoms with Gasteiger partial charge in [0.1, 0.15) is 6.04 Å². The summed E-state index contributed by atoms with van der Waals surface area (Å²) in [5.74, 6) is -1.05. The van der Waals surface area contributed by atoms with Crippen molar-refractivity contribution in [2.45, 2.75) is 19.9 Å². The molecule has 0 spiro atoms. The topological polar surface area (TPSA) is 63.3 Å². The number of rotatable bonds is 2. The first-order valence-corrected chi connectivity index (χ1v) is 4.57. The first-order chi connectivity index (χ1) is 6.45. The smallest absolute Gasteiger partial charge is 0.325 e. The molecule has 0 saturated heterocycles. The highest BCUT2D eigenvalue weighted by atomic mass is 35.5. The lowest BCUT2D eigenvalue weighted by Crippen LogP contribution is -2.21. The summed E-state index contributed by atoms with van der Waals surface area (Å²) in [5, 5.41) is 9.33. The lowest BCUT2D eigenvalue weighted by molar-refractivity contribution is -0.138. The second kappa shape index (κ2) is 3.98. The zero-order valence-corrected chi connectivity index (χ0v) is 8.80. The van der Waals surface area contributed by atoms with Gasteiger partial charge in [0, 0.05) is 5.02 Å². The van der Waals surface area contributed by atoms with E-state index in [2.05, 4.69) is 0 Å². The standard InChI is InChI=1S/C10H12ClNO2/c1-5-3-4-7(6(2)8(5)11)9(12)10(13)14/h3-4,9H,12H2,1-2H3,(H,13,14). The van der Waals surface area contributed by atoms with E-state index < -0.39 is 12.0 Å². The van der Waals surface area contributed by atoms with Crippen LogP contribution in [0, 0.1) is 13.8 Å². The van der Waals surface area contributed by atoms with Crippen molar-refractivity contribution < 1.29 is 9.90 Å². The zero-order chi connectivity index (χ0) is 10.9. The largest absolute Gasteiger partial charge is 0.480 e. The van der Waals surface area contributed by atoms with Gasteiger partial charge in [-0.25, -0.2) is 0 Å². The molecule has 3 nitrogen and oxygen atoms in total. The minimum atomic E-state index is -1.05. The Morgan fingerprint density at radius 3 is 2.57 bits per heavy atom. The Hall–Kier alpha value is -1.06. The van der Waals surface area contributed by atoms with E-state index in [9.17, 15) is 4.79 Å². The van der Waals surface area contributed by atoms with Crippen LogP contribution in [0.2, 0.25) is 5.02 Å². The van der Waals surface area contributed by atoms with Gasteiger partial charge in [0.25, 0.3) is 0 Å². The summed E-state index contributed by atoms with van der Waals surface area (Å²) in [4.78, 5) is 10.7. The van der Waals surface area contributed by atoms with Crippen LogP contribution in [-0.2, 0) is 4.79 Å². The van der Waals surface area contributed by atoms with E-state index in [0.717, 1.165) is 11.1 Å². The number of hydrogen-bond acceptors (Lipinski definition) is 2. The van der Waals surface area contributed by atoms with Crippen LogP contribution >= 0.6 is 11.6 Å². The van der Waals surface area contributed by atoms with Crippen molar-refractivity contribution in [2.24, 2.45) is 5.73 Å². The molecule has 0 amide bonds. The molecule has 1 rings (SSSR count). The van der Waals surface area contributed by atoms with E-state index in [-0.39, 0.29) is 0 Å². The highest BCUT2D eigenvalue weighted by molar-refractivity contribution is 6.32. The number of carbonyl (C=O) groups is 1. The molecule has 0 aliphatic heterocycles. The molecule has 1 aromatic rings. The normalized spacial score (nSPS) is 12.6. The molecule has 0 fully saturated rings. The molecule has 1 atom stereocenters. The van der Waals surface area contributed by atoms with Gasteiger partial charge in [0.05, 0.1) is 0 Å². The minimum Gasteiger partial charge on any atom is -0.480 e. The van der Waals surface area contributed by atoms with Crippen molar-refractivity contribution in [3.63, 3.8) is 0 Å². The van der Waals surface area contributed by atoms with Gasteiger partial charge in [-0.1, -0.05) is 23.7 Å². The number of benzene rings is 1. The van der Waals surface area contributed by atoms with E-state index in [0.29, 0.717) is 10.6 Å². The van der Waals surface area contributed by atoms with Crippen LogP contribution in [0.25, 0.3) is 0 Å². The monoisotopic (exact) mass is 213 g/mol. The maximum absolute atomic E-state index is 10.7. The van der Waals surface area contributed by atoms with Gasteiger partial charge in [0.2, 0.25) is 0 Å². The second-order valence-corrected chi connectivity index (χ2v) is 3.60. The maximum atomic E-state index is 10.7. The van der Waals surface area contributed by atoms with Gasteiger partial charge in [-0.15, -0.1) is 0 Å². The van der Waals surface area contributed by atoms with Crippen LogP contribution in [-0.4, -0.2) is 11.1 Å². The summed E-state index contributed by atoms with van der Waals surface area (Å²) in [6.45, 7) is 3.64. The number of carboxylic acids is 1. The molecule has 0 aliphatic rings. The number of hydrogen-bond donors (Lipinski definition) is 2. The fourth-order valence-electron chi connectivity index (χ4n) is 1.31. The summed E-state index contributed by atoms with van der Waals surface area (Å²) in [7, 11) is 0. The molecule has 0 radical (unpaired) electrons. The third-order valence-electron chi connectivity index (χ3n) is 2.22. The van der Waals surface area contributed by atoms with Gasteiger partial charge in [-0.2, -0.15) is 0 Å². The number of aryl methyl sites for hydroxylation is 1. The van der Waals surface area contributed by atoms with Gasteiger partial charge in [-0.05, 0) is 30.5 Å². The van der Waals surface area contributed by atoms with Crippen molar-refractivity contribution in [1.82, 2.24) is 0 Å². The predicted molar refractivity (Wildman–Crippen MR) is 55.5 cm³/mol. The second-order valence-electron chi connectivity index (χ2n) is 3.23. The number of carboxylic acid groups (broad SMARTS) is 1. The summed E-state index contributed by atoms with van der Waals surface area (Å²) in [6.07, 6.45) is 0. The SMILES string of the molecule is Cc1ccc(C(N)C(=O)O)c(C)c1Cl. The Kier molecular flexibility index (Phi) is 3.13. The minimum absolute atomic E-state index is 0.563. The van der Waals surface area contributed by atoms with Crippen LogP contribution in [0.4, 0.5) is 0 Å². The van der Waals surface area contributed by atoms with E-state index in [4.69, 9.17) is 22.4 Å². The van der Waals surface area contributed by atoms with Crippen LogP contribution in [0.1, 0.15) is 22.7 Å². The average Bonchev–Trinajstić information content (AvgIpc) is 2.13. The Balaban J connectivity index is 3.24. The third kappa shape index (κ3) is 1.89. The molecule has 4 heteroatoms. The van der Waals surface area contributed by atoms with Gasteiger partial charge >= 0.3 is 5.97 Å². The van der Waals surface area contributed by atoms with Gasteiger partial charge in [0.15, 0.2) is 0 Å². The summed E-state index contributed by atoms with van der Waals surface area (Å²) < 4.78 is 0. The predicted octanol–water partition coefficient (Wildman–Crippen LogP) is 2.04. The molecule has 14 heavy (non-hydrogen) atoms. The van der Waals surface area contributed by atoms with Crippen molar-refractivity contribution in [3.05, 3.63) is 33.8 Å². The number of nitrogens with two attached hydrogens (primary N) is 1. The Bertz CT molecular complexity index is 377. The molecule has 1 unspecified atom stereocenters. The molecule has 0 heterocycles. The lowest BCUT2D eigenvalue weighted by Gasteiger charge is -2.12. The van der Waals surface area contributed by atoms with E-state index in [1.165, 1.54) is 0 Å². The Labute approximate surface area is 87.5 Å². The van der Waals surface area contributed by atoms with Crippen molar-refractivity contribution >= 4 is 17.6 Å². The maximum Gasteiger partial charge on any atom is 0.325 e. The van der Waals surface area contributed by atoms with Crippen LogP contribution in [0.3, 0.4) is 0 Å². The van der Waals surface area contributed by atoms with Crippen molar-refractivity contribution in [3.8, 4) is 0 Å². The van der Waals surface area contributed by atoms with Crippen molar-refractivity contribution in [2.75, 3.05) is 0 Å². The van der Waals surface area contributed by atoms with Gasteiger partial charge < -0.3 is 10.8 Å². The number of halogens is 1. The number of aliphatic carboxylic acids is 1. The lowest BCUT2D eigenvalue weighted by atomic mass is 10.00. The molecule has 0 saturated carbocycles. The molecular formula is C10H12ClNO2. The summed E-state index contributed by atoms with van der Waals surface area (Å²) in [5.41, 5.74) is 7.72. The first-order valence-electron chi connectivity index (χ1n) is 4.19.